The van der Waals surface area contributed by atoms with Crippen LogP contribution in [0.1, 0.15) is 33.6 Å². The predicted molar refractivity (Wildman–Crippen MR) is 62.9 cm³/mol. The Kier molecular flexibility index (Phi) is 3.83. The van der Waals surface area contributed by atoms with Crippen LogP contribution in [0.4, 0.5) is 0 Å². The van der Waals surface area contributed by atoms with Crippen molar-refractivity contribution in [2.45, 2.75) is 39.7 Å². The summed E-state index contributed by atoms with van der Waals surface area (Å²) in [5, 5.41) is 3.64. The molecule has 2 heteroatoms. The zero-order chi connectivity index (χ0) is 9.19. The molecule has 0 radical (unpaired) electrons. The van der Waals surface area contributed by atoms with Gasteiger partial charge < -0.3 is 5.32 Å². The maximum atomic E-state index is 3.64. The molecule has 0 aromatic rings. The molecular weight excluding hydrogens is 261 g/mol. The van der Waals surface area contributed by atoms with Gasteiger partial charge in [0, 0.05) is 17.0 Å². The largest absolute Gasteiger partial charge is 0.313 e. The lowest BCUT2D eigenvalue weighted by atomic mass is 9.83. The molecule has 1 nitrogen and oxygen atoms in total. The third kappa shape index (κ3) is 3.21. The molecular formula is C10H20IN. The Hall–Kier alpha value is 0.690. The third-order valence-corrected chi connectivity index (χ3v) is 3.71. The first-order valence-electron chi connectivity index (χ1n) is 4.83. The van der Waals surface area contributed by atoms with Gasteiger partial charge in [-0.05, 0) is 24.2 Å². The summed E-state index contributed by atoms with van der Waals surface area (Å²) in [6.45, 7) is 8.30. The number of hydrogen-bond acceptors (Lipinski definition) is 1. The summed E-state index contributed by atoms with van der Waals surface area (Å²) in [6, 6.07) is 0.752. The van der Waals surface area contributed by atoms with Crippen LogP contribution in [0.2, 0.25) is 0 Å². The summed E-state index contributed by atoms with van der Waals surface area (Å²) in [4.78, 5) is 0. The van der Waals surface area contributed by atoms with Crippen LogP contribution in [0.5, 0.6) is 0 Å². The maximum Gasteiger partial charge on any atom is 0.0159 e. The Labute approximate surface area is 89.8 Å². The topological polar surface area (TPSA) is 12.0 Å². The SMILES string of the molecule is CC1CC(CI)NCC(C)(C)C1. The molecule has 0 saturated carbocycles. The predicted octanol–water partition coefficient (Wildman–Crippen LogP) is 2.84. The average Bonchev–Trinajstić information content (AvgIpc) is 2.07. The molecule has 1 fully saturated rings. The fraction of sp³-hybridized carbons (Fsp3) is 1.00. The second-order valence-corrected chi connectivity index (χ2v) is 5.82. The van der Waals surface area contributed by atoms with Crippen molar-refractivity contribution in [3.05, 3.63) is 0 Å². The molecule has 12 heavy (non-hydrogen) atoms. The Morgan fingerprint density at radius 1 is 1.50 bits per heavy atom. The summed E-state index contributed by atoms with van der Waals surface area (Å²) in [6.07, 6.45) is 2.72. The van der Waals surface area contributed by atoms with Crippen LogP contribution < -0.4 is 5.32 Å². The van der Waals surface area contributed by atoms with Crippen LogP contribution in [0, 0.1) is 11.3 Å². The van der Waals surface area contributed by atoms with E-state index < -0.39 is 0 Å². The standard InChI is InChI=1S/C10H20IN/c1-8-4-9(6-11)12-7-10(2,3)5-8/h8-9,12H,4-7H2,1-3H3. The average molecular weight is 281 g/mol. The monoisotopic (exact) mass is 281 g/mol. The summed E-state index contributed by atoms with van der Waals surface area (Å²) >= 11 is 2.48. The first-order valence-corrected chi connectivity index (χ1v) is 6.35. The van der Waals surface area contributed by atoms with E-state index in [-0.39, 0.29) is 0 Å². The highest BCUT2D eigenvalue weighted by molar-refractivity contribution is 14.1. The molecule has 0 amide bonds. The van der Waals surface area contributed by atoms with Crippen molar-refractivity contribution in [1.29, 1.82) is 0 Å². The molecule has 1 saturated heterocycles. The van der Waals surface area contributed by atoms with Crippen molar-refractivity contribution in [2.24, 2.45) is 11.3 Å². The molecule has 1 heterocycles. The summed E-state index contributed by atoms with van der Waals surface area (Å²) in [7, 11) is 0. The lowest BCUT2D eigenvalue weighted by Crippen LogP contribution is -2.34. The van der Waals surface area contributed by atoms with E-state index in [0.29, 0.717) is 5.41 Å². The number of nitrogens with one attached hydrogen (secondary N) is 1. The maximum absolute atomic E-state index is 3.64. The van der Waals surface area contributed by atoms with Gasteiger partial charge in [-0.1, -0.05) is 43.4 Å². The van der Waals surface area contributed by atoms with Crippen LogP contribution in [-0.2, 0) is 0 Å². The minimum Gasteiger partial charge on any atom is -0.313 e. The molecule has 2 atom stereocenters. The quantitative estimate of drug-likeness (QED) is 0.575. The van der Waals surface area contributed by atoms with E-state index in [1.165, 1.54) is 23.8 Å². The fourth-order valence-corrected chi connectivity index (χ4v) is 2.88. The first kappa shape index (κ1) is 10.8. The van der Waals surface area contributed by atoms with Gasteiger partial charge in [-0.15, -0.1) is 0 Å². The lowest BCUT2D eigenvalue weighted by Gasteiger charge is -2.24. The van der Waals surface area contributed by atoms with E-state index in [9.17, 15) is 0 Å². The Balaban J connectivity index is 2.53. The van der Waals surface area contributed by atoms with Crippen molar-refractivity contribution in [3.8, 4) is 0 Å². The van der Waals surface area contributed by atoms with Crippen molar-refractivity contribution < 1.29 is 0 Å². The molecule has 0 aliphatic carbocycles. The molecule has 0 bridgehead atoms. The first-order chi connectivity index (χ1) is 5.53. The molecule has 1 rings (SSSR count). The number of rotatable bonds is 1. The van der Waals surface area contributed by atoms with Gasteiger partial charge in [0.05, 0.1) is 0 Å². The Morgan fingerprint density at radius 2 is 2.17 bits per heavy atom. The summed E-state index contributed by atoms with van der Waals surface area (Å²) < 4.78 is 1.25. The van der Waals surface area contributed by atoms with E-state index in [1.807, 2.05) is 0 Å². The molecule has 1 aliphatic rings. The van der Waals surface area contributed by atoms with Gasteiger partial charge in [0.2, 0.25) is 0 Å². The smallest absolute Gasteiger partial charge is 0.0159 e. The van der Waals surface area contributed by atoms with Crippen LogP contribution in [0.3, 0.4) is 0 Å². The molecule has 1 N–H and O–H groups in total. The van der Waals surface area contributed by atoms with E-state index in [4.69, 9.17) is 0 Å². The second-order valence-electron chi connectivity index (χ2n) is 4.94. The van der Waals surface area contributed by atoms with Crippen LogP contribution >= 0.6 is 22.6 Å². The van der Waals surface area contributed by atoms with Gasteiger partial charge in [-0.3, -0.25) is 0 Å². The van der Waals surface area contributed by atoms with E-state index in [1.54, 1.807) is 0 Å². The van der Waals surface area contributed by atoms with Crippen LogP contribution in [0.25, 0.3) is 0 Å². The van der Waals surface area contributed by atoms with Gasteiger partial charge in [-0.2, -0.15) is 0 Å². The number of halogens is 1. The van der Waals surface area contributed by atoms with E-state index in [0.717, 1.165) is 12.0 Å². The molecule has 1 aliphatic heterocycles. The third-order valence-electron chi connectivity index (χ3n) is 2.64. The molecule has 0 aromatic carbocycles. The molecule has 2 unspecified atom stereocenters. The second kappa shape index (κ2) is 4.27. The highest BCUT2D eigenvalue weighted by Gasteiger charge is 2.27. The highest BCUT2D eigenvalue weighted by atomic mass is 127. The summed E-state index contributed by atoms with van der Waals surface area (Å²) in [5.74, 6) is 0.884. The van der Waals surface area contributed by atoms with Crippen molar-refractivity contribution in [3.63, 3.8) is 0 Å². The van der Waals surface area contributed by atoms with Gasteiger partial charge in [0.15, 0.2) is 0 Å². The van der Waals surface area contributed by atoms with Crippen LogP contribution in [-0.4, -0.2) is 17.0 Å². The molecule has 0 spiro atoms. The van der Waals surface area contributed by atoms with Gasteiger partial charge in [0.25, 0.3) is 0 Å². The van der Waals surface area contributed by atoms with E-state index >= 15 is 0 Å². The molecule has 0 aromatic heterocycles. The number of alkyl halides is 1. The van der Waals surface area contributed by atoms with Gasteiger partial charge in [0.1, 0.15) is 0 Å². The zero-order valence-electron chi connectivity index (χ0n) is 8.36. The van der Waals surface area contributed by atoms with Crippen molar-refractivity contribution in [2.75, 3.05) is 11.0 Å². The normalized spacial score (nSPS) is 36.0. The van der Waals surface area contributed by atoms with Gasteiger partial charge >= 0.3 is 0 Å². The van der Waals surface area contributed by atoms with Crippen molar-refractivity contribution >= 4 is 22.6 Å². The highest BCUT2D eigenvalue weighted by Crippen LogP contribution is 2.30. The minimum atomic E-state index is 0.500. The summed E-state index contributed by atoms with van der Waals surface area (Å²) in [5.41, 5.74) is 0.500. The number of hydrogen-bond donors (Lipinski definition) is 1. The Bertz CT molecular complexity index is 145. The Morgan fingerprint density at radius 3 is 2.75 bits per heavy atom. The van der Waals surface area contributed by atoms with Gasteiger partial charge in [-0.25, -0.2) is 0 Å². The van der Waals surface area contributed by atoms with Crippen LogP contribution in [0.15, 0.2) is 0 Å². The minimum absolute atomic E-state index is 0.500. The lowest BCUT2D eigenvalue weighted by molar-refractivity contribution is 0.295. The fourth-order valence-electron chi connectivity index (χ4n) is 2.21. The van der Waals surface area contributed by atoms with Crippen molar-refractivity contribution in [1.82, 2.24) is 5.32 Å². The molecule has 72 valence electrons. The zero-order valence-corrected chi connectivity index (χ0v) is 10.5. The van der Waals surface area contributed by atoms with E-state index in [2.05, 4.69) is 48.7 Å².